The van der Waals surface area contributed by atoms with Gasteiger partial charge in [0.1, 0.15) is 0 Å². The summed E-state index contributed by atoms with van der Waals surface area (Å²) >= 11 is 0. The van der Waals surface area contributed by atoms with Crippen molar-refractivity contribution in [2.45, 2.75) is 19.8 Å². The van der Waals surface area contributed by atoms with Crippen LogP contribution >= 0.6 is 21.6 Å². The second-order valence-electron chi connectivity index (χ2n) is 3.06. The fourth-order valence-corrected chi connectivity index (χ4v) is 4.44. The van der Waals surface area contributed by atoms with Crippen molar-refractivity contribution in [3.05, 3.63) is 0 Å². The van der Waals surface area contributed by atoms with Crippen molar-refractivity contribution in [3.8, 4) is 0 Å². The third-order valence-corrected chi connectivity index (χ3v) is 4.75. The van der Waals surface area contributed by atoms with Gasteiger partial charge in [-0.2, -0.15) is 0 Å². The van der Waals surface area contributed by atoms with Crippen LogP contribution < -0.4 is 0 Å². The largest absolute Gasteiger partial charge is 0.481 e. The highest BCUT2D eigenvalue weighted by Gasteiger charge is 2.30. The molecule has 0 saturated carbocycles. The first-order chi connectivity index (χ1) is 5.75. The molecule has 1 saturated heterocycles. The summed E-state index contributed by atoms with van der Waals surface area (Å²) in [5.41, 5.74) is 0. The number of carboxylic acid groups (broad SMARTS) is 1. The van der Waals surface area contributed by atoms with Gasteiger partial charge in [0.15, 0.2) is 0 Å². The molecule has 12 heavy (non-hydrogen) atoms. The van der Waals surface area contributed by atoms with Crippen LogP contribution in [0.1, 0.15) is 19.8 Å². The molecule has 0 aromatic rings. The molecule has 1 rings (SSSR count). The third kappa shape index (κ3) is 2.59. The van der Waals surface area contributed by atoms with E-state index in [0.29, 0.717) is 5.92 Å². The molecule has 0 radical (unpaired) electrons. The predicted molar refractivity (Wildman–Crippen MR) is 54.4 cm³/mol. The first kappa shape index (κ1) is 10.3. The average molecular weight is 206 g/mol. The van der Waals surface area contributed by atoms with E-state index in [1.807, 2.05) is 28.5 Å². The molecular formula is C8H14O2S2. The summed E-state index contributed by atoms with van der Waals surface area (Å²) in [7, 11) is 3.61. The van der Waals surface area contributed by atoms with Crippen LogP contribution in [0.2, 0.25) is 0 Å². The monoisotopic (exact) mass is 206 g/mol. The standard InChI is InChI=1S/C8H14O2S2/c1-2-3-7(8(9)10)6-4-11-12-5-6/h6-7H,2-5H2,1H3,(H,9,10). The smallest absolute Gasteiger partial charge is 0.306 e. The SMILES string of the molecule is CCCC(C(=O)O)C1CSSC1. The van der Waals surface area contributed by atoms with Gasteiger partial charge in [0.25, 0.3) is 0 Å². The van der Waals surface area contributed by atoms with Crippen molar-refractivity contribution in [1.29, 1.82) is 0 Å². The van der Waals surface area contributed by atoms with Crippen LogP contribution in [0.5, 0.6) is 0 Å². The Bertz CT molecular complexity index is 155. The highest BCUT2D eigenvalue weighted by atomic mass is 33.1. The van der Waals surface area contributed by atoms with Gasteiger partial charge in [-0.3, -0.25) is 4.79 Å². The number of hydrogen-bond acceptors (Lipinski definition) is 3. The number of aliphatic carboxylic acids is 1. The zero-order chi connectivity index (χ0) is 8.97. The van der Waals surface area contributed by atoms with Crippen molar-refractivity contribution in [2.75, 3.05) is 11.5 Å². The summed E-state index contributed by atoms with van der Waals surface area (Å²) in [5, 5.41) is 8.95. The van der Waals surface area contributed by atoms with Gasteiger partial charge < -0.3 is 5.11 Å². The summed E-state index contributed by atoms with van der Waals surface area (Å²) < 4.78 is 0. The van der Waals surface area contributed by atoms with Gasteiger partial charge in [-0.15, -0.1) is 0 Å². The van der Waals surface area contributed by atoms with Gasteiger partial charge in [0.05, 0.1) is 5.92 Å². The number of carbonyl (C=O) groups is 1. The van der Waals surface area contributed by atoms with Crippen LogP contribution in [0, 0.1) is 11.8 Å². The normalized spacial score (nSPS) is 21.1. The van der Waals surface area contributed by atoms with Crippen molar-refractivity contribution in [3.63, 3.8) is 0 Å². The van der Waals surface area contributed by atoms with Crippen LogP contribution in [0.25, 0.3) is 0 Å². The summed E-state index contributed by atoms with van der Waals surface area (Å²) in [6, 6.07) is 0. The van der Waals surface area contributed by atoms with Gasteiger partial charge in [-0.1, -0.05) is 34.9 Å². The second-order valence-corrected chi connectivity index (χ2v) is 5.61. The molecule has 0 bridgehead atoms. The molecule has 0 spiro atoms. The molecule has 1 atom stereocenters. The summed E-state index contributed by atoms with van der Waals surface area (Å²) in [4.78, 5) is 10.9. The Balaban J connectivity index is 2.45. The van der Waals surface area contributed by atoms with E-state index in [9.17, 15) is 4.79 Å². The summed E-state index contributed by atoms with van der Waals surface area (Å²) in [5.74, 6) is 1.73. The van der Waals surface area contributed by atoms with Gasteiger partial charge >= 0.3 is 5.97 Å². The van der Waals surface area contributed by atoms with E-state index in [2.05, 4.69) is 0 Å². The quantitative estimate of drug-likeness (QED) is 0.717. The maximum absolute atomic E-state index is 10.9. The van der Waals surface area contributed by atoms with Crippen LogP contribution in [-0.4, -0.2) is 22.6 Å². The number of carboxylic acids is 1. The van der Waals surface area contributed by atoms with E-state index >= 15 is 0 Å². The highest BCUT2D eigenvalue weighted by Crippen LogP contribution is 2.39. The molecule has 1 aliphatic heterocycles. The minimum absolute atomic E-state index is 0.0995. The highest BCUT2D eigenvalue weighted by molar-refractivity contribution is 8.77. The molecule has 1 unspecified atom stereocenters. The fourth-order valence-electron chi connectivity index (χ4n) is 1.42. The molecule has 70 valence electrons. The first-order valence-electron chi connectivity index (χ1n) is 4.23. The van der Waals surface area contributed by atoms with E-state index < -0.39 is 5.97 Å². The van der Waals surface area contributed by atoms with Gasteiger partial charge in [0, 0.05) is 11.5 Å². The lowest BCUT2D eigenvalue weighted by Gasteiger charge is -2.16. The zero-order valence-electron chi connectivity index (χ0n) is 7.16. The molecule has 1 fully saturated rings. The van der Waals surface area contributed by atoms with Crippen molar-refractivity contribution >= 4 is 27.6 Å². The Morgan fingerprint density at radius 3 is 2.58 bits per heavy atom. The number of rotatable bonds is 4. The summed E-state index contributed by atoms with van der Waals surface area (Å²) in [6.07, 6.45) is 1.81. The molecule has 1 aliphatic rings. The Kier molecular flexibility index (Phi) is 4.29. The Morgan fingerprint density at radius 1 is 1.58 bits per heavy atom. The lowest BCUT2D eigenvalue weighted by atomic mass is 9.91. The van der Waals surface area contributed by atoms with E-state index in [1.165, 1.54) is 0 Å². The maximum atomic E-state index is 10.9. The minimum Gasteiger partial charge on any atom is -0.481 e. The molecule has 0 amide bonds. The Morgan fingerprint density at radius 2 is 2.17 bits per heavy atom. The Hall–Kier alpha value is 0.170. The lowest BCUT2D eigenvalue weighted by Crippen LogP contribution is -2.24. The molecule has 1 N–H and O–H groups in total. The van der Waals surface area contributed by atoms with Gasteiger partial charge in [0.2, 0.25) is 0 Å². The fraction of sp³-hybridized carbons (Fsp3) is 0.875. The lowest BCUT2D eigenvalue weighted by molar-refractivity contribution is -0.143. The summed E-state index contributed by atoms with van der Waals surface area (Å²) in [6.45, 7) is 2.05. The third-order valence-electron chi connectivity index (χ3n) is 2.13. The maximum Gasteiger partial charge on any atom is 0.306 e. The molecule has 0 aromatic carbocycles. The second kappa shape index (κ2) is 5.02. The van der Waals surface area contributed by atoms with Gasteiger partial charge in [-0.25, -0.2) is 0 Å². The van der Waals surface area contributed by atoms with Crippen LogP contribution in [0.3, 0.4) is 0 Å². The van der Waals surface area contributed by atoms with Crippen LogP contribution in [0.15, 0.2) is 0 Å². The average Bonchev–Trinajstić information content (AvgIpc) is 2.51. The zero-order valence-corrected chi connectivity index (χ0v) is 8.79. The molecular weight excluding hydrogens is 192 g/mol. The minimum atomic E-state index is -0.607. The van der Waals surface area contributed by atoms with Crippen molar-refractivity contribution in [1.82, 2.24) is 0 Å². The van der Waals surface area contributed by atoms with Crippen LogP contribution in [0.4, 0.5) is 0 Å². The van der Waals surface area contributed by atoms with Crippen molar-refractivity contribution in [2.24, 2.45) is 11.8 Å². The molecule has 1 heterocycles. The number of hydrogen-bond donors (Lipinski definition) is 1. The van der Waals surface area contributed by atoms with E-state index in [0.717, 1.165) is 24.3 Å². The Labute approximate surface area is 80.9 Å². The predicted octanol–water partition coefficient (Wildman–Crippen LogP) is 2.50. The van der Waals surface area contributed by atoms with E-state index in [-0.39, 0.29) is 5.92 Å². The molecule has 0 aromatic heterocycles. The first-order valence-corrected chi connectivity index (χ1v) is 6.71. The van der Waals surface area contributed by atoms with Gasteiger partial charge in [-0.05, 0) is 12.3 Å². The molecule has 4 heteroatoms. The topological polar surface area (TPSA) is 37.3 Å². The van der Waals surface area contributed by atoms with E-state index in [4.69, 9.17) is 5.11 Å². The van der Waals surface area contributed by atoms with E-state index in [1.54, 1.807) is 0 Å². The van der Waals surface area contributed by atoms with Crippen LogP contribution in [-0.2, 0) is 4.79 Å². The molecule has 2 nitrogen and oxygen atoms in total. The molecule has 0 aliphatic carbocycles. The van der Waals surface area contributed by atoms with Crippen molar-refractivity contribution < 1.29 is 9.90 Å².